The monoisotopic (exact) mass is 269 g/mol. The van der Waals surface area contributed by atoms with Crippen molar-refractivity contribution >= 4 is 23.4 Å². The molecule has 0 aliphatic carbocycles. The van der Waals surface area contributed by atoms with Crippen LogP contribution in [0.25, 0.3) is 0 Å². The number of rotatable bonds is 6. The quantitative estimate of drug-likeness (QED) is 0.790. The molecule has 0 aromatic carbocycles. The molecule has 18 heavy (non-hydrogen) atoms. The lowest BCUT2D eigenvalue weighted by Gasteiger charge is -2.12. The second-order valence-electron chi connectivity index (χ2n) is 4.29. The fourth-order valence-electron chi connectivity index (χ4n) is 1.52. The normalized spacial score (nSPS) is 12.1. The zero-order valence-electron chi connectivity index (χ0n) is 10.7. The Balaban J connectivity index is 2.49. The van der Waals surface area contributed by atoms with E-state index in [4.69, 9.17) is 5.73 Å². The molecular formula is C12H19N3O2S. The zero-order valence-corrected chi connectivity index (χ0v) is 11.5. The van der Waals surface area contributed by atoms with Crippen LogP contribution in [0.2, 0.25) is 0 Å². The molecule has 1 atom stereocenters. The number of nitrogens with zero attached hydrogens (tertiary/aromatic N) is 1. The number of aromatic nitrogens is 1. The van der Waals surface area contributed by atoms with Gasteiger partial charge in [0.25, 0.3) is 5.56 Å². The van der Waals surface area contributed by atoms with Gasteiger partial charge < -0.3 is 15.6 Å². The largest absolute Gasteiger partial charge is 0.398 e. The summed E-state index contributed by atoms with van der Waals surface area (Å²) < 4.78 is 1.31. The fourth-order valence-corrected chi connectivity index (χ4v) is 2.20. The predicted molar refractivity (Wildman–Crippen MR) is 75.7 cm³/mol. The summed E-state index contributed by atoms with van der Waals surface area (Å²) in [4.78, 5) is 23.1. The Bertz CT molecular complexity index is 459. The van der Waals surface area contributed by atoms with Crippen molar-refractivity contribution in [3.05, 3.63) is 28.7 Å². The van der Waals surface area contributed by atoms with Crippen LogP contribution in [0.1, 0.15) is 6.92 Å². The van der Waals surface area contributed by atoms with Gasteiger partial charge in [0.2, 0.25) is 5.91 Å². The number of nitrogens with one attached hydrogen (secondary N) is 1. The van der Waals surface area contributed by atoms with Gasteiger partial charge in [-0.2, -0.15) is 11.8 Å². The van der Waals surface area contributed by atoms with Gasteiger partial charge in [0.15, 0.2) is 0 Å². The standard InChI is InChI=1S/C12H19N3O2S/c1-9(8-18-2)5-14-11(16)7-15-6-10(13)3-4-12(15)17/h3-4,6,9H,5,7-8,13H2,1-2H3,(H,14,16). The average molecular weight is 269 g/mol. The minimum atomic E-state index is -0.225. The summed E-state index contributed by atoms with van der Waals surface area (Å²) in [6.07, 6.45) is 3.51. The molecule has 6 heteroatoms. The number of nitrogen functional groups attached to an aromatic ring is 1. The number of thioether (sulfide) groups is 1. The Morgan fingerprint density at radius 2 is 2.28 bits per heavy atom. The summed E-state index contributed by atoms with van der Waals surface area (Å²) >= 11 is 1.75. The highest BCUT2D eigenvalue weighted by Crippen LogP contribution is 2.02. The fraction of sp³-hybridized carbons (Fsp3) is 0.500. The van der Waals surface area contributed by atoms with Crippen LogP contribution in [-0.4, -0.2) is 29.0 Å². The van der Waals surface area contributed by atoms with Crippen molar-refractivity contribution in [2.75, 3.05) is 24.3 Å². The predicted octanol–water partition coefficient (Wildman–Crippen LogP) is 0.546. The summed E-state index contributed by atoms with van der Waals surface area (Å²) in [6.45, 7) is 2.70. The number of amides is 1. The summed E-state index contributed by atoms with van der Waals surface area (Å²) in [5.41, 5.74) is 5.82. The van der Waals surface area contributed by atoms with Gasteiger partial charge in [-0.05, 0) is 24.0 Å². The minimum absolute atomic E-state index is 0.00978. The van der Waals surface area contributed by atoms with Crippen molar-refractivity contribution in [2.24, 2.45) is 5.92 Å². The molecule has 0 fully saturated rings. The lowest BCUT2D eigenvalue weighted by molar-refractivity contribution is -0.121. The molecule has 0 aliphatic heterocycles. The number of carbonyl (C=O) groups is 1. The van der Waals surface area contributed by atoms with Crippen molar-refractivity contribution in [3.63, 3.8) is 0 Å². The van der Waals surface area contributed by atoms with E-state index >= 15 is 0 Å². The molecule has 100 valence electrons. The number of hydrogen-bond donors (Lipinski definition) is 2. The van der Waals surface area contributed by atoms with E-state index in [1.807, 2.05) is 6.26 Å². The van der Waals surface area contributed by atoms with E-state index in [9.17, 15) is 9.59 Å². The van der Waals surface area contributed by atoms with E-state index in [-0.39, 0.29) is 18.0 Å². The number of carbonyl (C=O) groups excluding carboxylic acids is 1. The first-order valence-electron chi connectivity index (χ1n) is 5.74. The third kappa shape index (κ3) is 4.83. The Kier molecular flexibility index (Phi) is 5.77. The van der Waals surface area contributed by atoms with E-state index in [2.05, 4.69) is 12.2 Å². The molecule has 3 N–H and O–H groups in total. The molecule has 1 aromatic rings. The third-order valence-corrected chi connectivity index (χ3v) is 3.32. The highest BCUT2D eigenvalue weighted by Gasteiger charge is 2.07. The Morgan fingerprint density at radius 3 is 2.94 bits per heavy atom. The molecule has 1 rings (SSSR count). The molecule has 1 aromatic heterocycles. The third-order valence-electron chi connectivity index (χ3n) is 2.42. The summed E-state index contributed by atoms with van der Waals surface area (Å²) in [6, 6.07) is 2.89. The Hall–Kier alpha value is -1.43. The van der Waals surface area contributed by atoms with Gasteiger partial charge in [-0.25, -0.2) is 0 Å². The molecular weight excluding hydrogens is 250 g/mol. The molecule has 5 nitrogen and oxygen atoms in total. The number of pyridine rings is 1. The minimum Gasteiger partial charge on any atom is -0.398 e. The van der Waals surface area contributed by atoms with Crippen molar-refractivity contribution in [1.82, 2.24) is 9.88 Å². The summed E-state index contributed by atoms with van der Waals surface area (Å²) in [5.74, 6) is 1.25. The van der Waals surface area contributed by atoms with Crippen LogP contribution in [0.15, 0.2) is 23.1 Å². The van der Waals surface area contributed by atoms with Gasteiger partial charge in [0, 0.05) is 24.5 Å². The molecule has 0 spiro atoms. The highest BCUT2D eigenvalue weighted by atomic mass is 32.2. The molecule has 0 radical (unpaired) electrons. The average Bonchev–Trinajstić information content (AvgIpc) is 2.32. The van der Waals surface area contributed by atoms with Crippen LogP contribution in [0, 0.1) is 5.92 Å². The maximum atomic E-state index is 11.7. The molecule has 0 saturated heterocycles. The topological polar surface area (TPSA) is 77.1 Å². The molecule has 0 saturated carbocycles. The summed E-state index contributed by atoms with van der Waals surface area (Å²) in [5, 5.41) is 2.81. The second-order valence-corrected chi connectivity index (χ2v) is 5.20. The number of hydrogen-bond acceptors (Lipinski definition) is 4. The maximum absolute atomic E-state index is 11.7. The first kappa shape index (κ1) is 14.6. The smallest absolute Gasteiger partial charge is 0.251 e. The SMILES string of the molecule is CSCC(C)CNC(=O)Cn1cc(N)ccc1=O. The van der Waals surface area contributed by atoms with E-state index in [0.717, 1.165) is 5.75 Å². The van der Waals surface area contributed by atoms with Crippen molar-refractivity contribution in [1.29, 1.82) is 0 Å². The second kappa shape index (κ2) is 7.10. The van der Waals surface area contributed by atoms with Crippen LogP contribution in [0.3, 0.4) is 0 Å². The van der Waals surface area contributed by atoms with E-state index in [1.54, 1.807) is 11.8 Å². The van der Waals surface area contributed by atoms with Gasteiger partial charge in [-0.1, -0.05) is 6.92 Å². The Labute approximate surface area is 111 Å². The van der Waals surface area contributed by atoms with Crippen LogP contribution in [0.5, 0.6) is 0 Å². The molecule has 1 unspecified atom stereocenters. The van der Waals surface area contributed by atoms with Crippen molar-refractivity contribution in [3.8, 4) is 0 Å². The highest BCUT2D eigenvalue weighted by molar-refractivity contribution is 7.98. The van der Waals surface area contributed by atoms with Gasteiger partial charge in [0.05, 0.1) is 0 Å². The van der Waals surface area contributed by atoms with Crippen LogP contribution < -0.4 is 16.6 Å². The van der Waals surface area contributed by atoms with Crippen molar-refractivity contribution in [2.45, 2.75) is 13.5 Å². The first-order valence-corrected chi connectivity index (χ1v) is 7.14. The first-order chi connectivity index (χ1) is 8.52. The van der Waals surface area contributed by atoms with Gasteiger partial charge in [-0.15, -0.1) is 0 Å². The molecule has 0 bridgehead atoms. The molecule has 0 aliphatic rings. The van der Waals surface area contributed by atoms with E-state index in [0.29, 0.717) is 18.2 Å². The lowest BCUT2D eigenvalue weighted by atomic mass is 10.2. The number of anilines is 1. The van der Waals surface area contributed by atoms with Crippen LogP contribution in [0.4, 0.5) is 5.69 Å². The summed E-state index contributed by atoms with van der Waals surface area (Å²) in [7, 11) is 0. The van der Waals surface area contributed by atoms with Gasteiger partial charge in [0.1, 0.15) is 6.54 Å². The zero-order chi connectivity index (χ0) is 13.5. The van der Waals surface area contributed by atoms with Crippen LogP contribution >= 0.6 is 11.8 Å². The molecule has 1 heterocycles. The van der Waals surface area contributed by atoms with Crippen LogP contribution in [-0.2, 0) is 11.3 Å². The number of nitrogens with two attached hydrogens (primary N) is 1. The lowest BCUT2D eigenvalue weighted by Crippen LogP contribution is -2.34. The van der Waals surface area contributed by atoms with Gasteiger partial charge in [-0.3, -0.25) is 9.59 Å². The van der Waals surface area contributed by atoms with Crippen molar-refractivity contribution < 1.29 is 4.79 Å². The van der Waals surface area contributed by atoms with Gasteiger partial charge >= 0.3 is 0 Å². The Morgan fingerprint density at radius 1 is 1.56 bits per heavy atom. The maximum Gasteiger partial charge on any atom is 0.251 e. The van der Waals surface area contributed by atoms with E-state index in [1.165, 1.54) is 22.9 Å². The molecule has 1 amide bonds. The van der Waals surface area contributed by atoms with E-state index < -0.39 is 0 Å².